The van der Waals surface area contributed by atoms with Gasteiger partial charge >= 0.3 is 0 Å². The first-order chi connectivity index (χ1) is 5.44. The molecule has 1 amide bonds. The van der Waals surface area contributed by atoms with Crippen molar-refractivity contribution < 1.29 is 14.4 Å². The average molecular weight is 94.2 g/mol. The number of hydrogen-bond acceptors (Lipinski definition) is 1. The molecule has 0 aliphatic carbocycles. The molecule has 0 aromatic carbocycles. The quantitative estimate of drug-likeness (QED) is 0.493. The molecule has 0 atom stereocenters. The van der Waals surface area contributed by atoms with Gasteiger partial charge in [-0.2, -0.15) is 0 Å². The van der Waals surface area contributed by atoms with Crippen LogP contribution in [0, 0.1) is 5.89 Å². The average Bonchev–Trinajstić information content (AvgIpc) is 1.80. The van der Waals surface area contributed by atoms with Crippen LogP contribution in [0.5, 0.6) is 0 Å². The predicted octanol–water partition coefficient (Wildman–Crippen LogP) is 0.128. The van der Waals surface area contributed by atoms with Crippen LogP contribution >= 0.6 is 0 Å². The molecule has 0 aromatic rings. The Kier molecular flexibility index (Phi) is 0.249. The van der Waals surface area contributed by atoms with E-state index in [9.17, 15) is 4.79 Å². The molecule has 0 saturated carbocycles. The second kappa shape index (κ2) is 1.80. The van der Waals surface area contributed by atoms with E-state index in [2.05, 4.69) is 5.73 Å². The summed E-state index contributed by atoms with van der Waals surface area (Å²) in [6, 6.07) is 0. The molecule has 2 N–H and O–H groups in total. The Morgan fingerprint density at radius 2 is 2.67 bits per heavy atom. The van der Waals surface area contributed by atoms with Crippen LogP contribution < -0.4 is 5.73 Å². The van der Waals surface area contributed by atoms with Gasteiger partial charge in [-0.15, -0.1) is 0 Å². The molecular weight excluding hydrogens is 78.0 g/mol. The molecule has 0 radical (unpaired) electrons. The molecule has 0 unspecified atom stereocenters. The van der Waals surface area contributed by atoms with Gasteiger partial charge in [0.05, 0.1) is 0 Å². The van der Waals surface area contributed by atoms with Crippen molar-refractivity contribution in [1.29, 1.82) is 0 Å². The molecule has 36 valence electrons. The van der Waals surface area contributed by atoms with Crippen molar-refractivity contribution in [3.05, 3.63) is 0 Å². The number of hydrogen-bond donors (Lipinski definition) is 1. The normalized spacial score (nSPS) is 32.3. The fourth-order valence-electron chi connectivity index (χ4n) is 0. The third-order valence-corrected chi connectivity index (χ3v) is 0.246. The van der Waals surface area contributed by atoms with Crippen molar-refractivity contribution in [2.45, 2.75) is 13.7 Å². The standard InChI is InChI=1S/C4H9NO/c1-3(2)4(5)6/h3H,1-2H3,(H2,5,6)/i1D3,2D3,3D. The smallest absolute Gasteiger partial charge is 0.219 e. The summed E-state index contributed by atoms with van der Waals surface area (Å²) in [6.07, 6.45) is 0. The molecule has 0 saturated heterocycles. The van der Waals surface area contributed by atoms with E-state index >= 15 is 0 Å². The molecule has 6 heavy (non-hydrogen) atoms. The highest BCUT2D eigenvalue weighted by atomic mass is 16.1. The number of primary amides is 1. The summed E-state index contributed by atoms with van der Waals surface area (Å²) in [5, 5.41) is 0. The molecular formula is C4H9NO. The Bertz CT molecular complexity index is 202. The summed E-state index contributed by atoms with van der Waals surface area (Å²) < 4.78 is 47.6. The SMILES string of the molecule is [2H]C([2H])([2H])C([2H])(C(N)=O)C([2H])([2H])[2H]. The van der Waals surface area contributed by atoms with Crippen molar-refractivity contribution in [3.8, 4) is 0 Å². The third-order valence-electron chi connectivity index (χ3n) is 0.246. The van der Waals surface area contributed by atoms with E-state index in [0.717, 1.165) is 0 Å². The molecule has 2 heteroatoms. The summed E-state index contributed by atoms with van der Waals surface area (Å²) in [4.78, 5) is 10.6. The molecule has 0 heterocycles. The summed E-state index contributed by atoms with van der Waals surface area (Å²) in [7, 11) is 0. The van der Waals surface area contributed by atoms with Crippen LogP contribution in [0.1, 0.15) is 23.3 Å². The van der Waals surface area contributed by atoms with Crippen molar-refractivity contribution in [1.82, 2.24) is 0 Å². The van der Waals surface area contributed by atoms with Gasteiger partial charge in [-0.25, -0.2) is 0 Å². The first-order valence-electron chi connectivity index (χ1n) is 4.74. The van der Waals surface area contributed by atoms with Crippen LogP contribution in [-0.4, -0.2) is 5.91 Å². The van der Waals surface area contributed by atoms with Gasteiger partial charge in [0.15, 0.2) is 0 Å². The van der Waals surface area contributed by atoms with Gasteiger partial charge in [0.2, 0.25) is 5.91 Å². The van der Waals surface area contributed by atoms with E-state index in [1.807, 2.05) is 0 Å². The van der Waals surface area contributed by atoms with Crippen molar-refractivity contribution in [3.63, 3.8) is 0 Å². The maximum absolute atomic E-state index is 10.6. The van der Waals surface area contributed by atoms with Crippen LogP contribution in [0.4, 0.5) is 0 Å². The zero-order valence-electron chi connectivity index (χ0n) is 9.99. The molecule has 0 spiro atoms. The predicted molar refractivity (Wildman–Crippen MR) is 24.0 cm³/mol. The second-order valence-corrected chi connectivity index (χ2v) is 0.739. The monoisotopic (exact) mass is 94.1 g/mol. The minimum absolute atomic E-state index is 1.67. The van der Waals surface area contributed by atoms with Gasteiger partial charge in [0.1, 0.15) is 0 Å². The first-order valence-corrected chi connectivity index (χ1v) is 1.24. The summed E-state index contributed by atoms with van der Waals surface area (Å²) in [5.41, 5.74) is 4.60. The Morgan fingerprint density at radius 1 is 2.17 bits per heavy atom. The highest BCUT2D eigenvalue weighted by molar-refractivity contribution is 5.75. The Balaban J connectivity index is 5.35. The highest BCUT2D eigenvalue weighted by Gasteiger charge is 1.96. The largest absolute Gasteiger partial charge is 0.369 e. The number of nitrogens with two attached hydrogens (primary N) is 1. The van der Waals surface area contributed by atoms with Gasteiger partial charge in [-0.3, -0.25) is 4.79 Å². The van der Waals surface area contributed by atoms with Crippen LogP contribution in [0.15, 0.2) is 0 Å². The molecule has 0 aliphatic rings. The topological polar surface area (TPSA) is 43.1 Å². The van der Waals surface area contributed by atoms with Crippen molar-refractivity contribution >= 4 is 5.91 Å². The van der Waals surface area contributed by atoms with E-state index < -0.39 is 25.5 Å². The molecule has 0 fully saturated rings. The van der Waals surface area contributed by atoms with Crippen molar-refractivity contribution in [2.75, 3.05) is 0 Å². The van der Waals surface area contributed by atoms with Gasteiger partial charge < -0.3 is 5.73 Å². The first kappa shape index (κ1) is 0.831. The lowest BCUT2D eigenvalue weighted by atomic mass is 10.2. The van der Waals surface area contributed by atoms with Gasteiger partial charge in [-0.05, 0) is 0 Å². The fourth-order valence-corrected chi connectivity index (χ4v) is 0. The number of carbonyl (C=O) groups is 1. The van der Waals surface area contributed by atoms with E-state index in [1.54, 1.807) is 0 Å². The fraction of sp³-hybridized carbons (Fsp3) is 0.750. The van der Waals surface area contributed by atoms with Crippen molar-refractivity contribution in [2.24, 2.45) is 11.6 Å². The Labute approximate surface area is 47.2 Å². The zero-order valence-corrected chi connectivity index (χ0v) is 2.99. The maximum atomic E-state index is 10.6. The highest BCUT2D eigenvalue weighted by Crippen LogP contribution is 1.84. The molecule has 0 aromatic heterocycles. The minimum atomic E-state index is -3.26. The lowest BCUT2D eigenvalue weighted by Crippen LogP contribution is -2.17. The maximum Gasteiger partial charge on any atom is 0.219 e. The van der Waals surface area contributed by atoms with E-state index in [4.69, 9.17) is 9.60 Å². The lowest BCUT2D eigenvalue weighted by molar-refractivity contribution is -0.120. The van der Waals surface area contributed by atoms with E-state index in [0.29, 0.717) is 0 Å². The summed E-state index contributed by atoms with van der Waals surface area (Å²) in [6.45, 7) is -6.52. The number of amides is 1. The minimum Gasteiger partial charge on any atom is -0.369 e. The van der Waals surface area contributed by atoms with Crippen LogP contribution in [0.2, 0.25) is 0 Å². The lowest BCUT2D eigenvalue weighted by Gasteiger charge is -1.90. The summed E-state index contributed by atoms with van der Waals surface area (Å²) >= 11 is 0. The molecule has 0 aliphatic heterocycles. The van der Waals surface area contributed by atoms with Crippen LogP contribution in [0.25, 0.3) is 0 Å². The van der Waals surface area contributed by atoms with Gasteiger partial charge in [0, 0.05) is 15.5 Å². The van der Waals surface area contributed by atoms with Gasteiger partial charge in [-0.1, -0.05) is 13.7 Å². The van der Waals surface area contributed by atoms with Crippen LogP contribution in [-0.2, 0) is 4.79 Å². The Hall–Kier alpha value is -0.530. The molecule has 0 rings (SSSR count). The van der Waals surface area contributed by atoms with Gasteiger partial charge in [0.25, 0.3) is 0 Å². The zero-order chi connectivity index (χ0) is 11.1. The second-order valence-electron chi connectivity index (χ2n) is 0.739. The molecule has 2 nitrogen and oxygen atoms in total. The van der Waals surface area contributed by atoms with Crippen LogP contribution in [0.3, 0.4) is 0 Å². The Morgan fingerprint density at radius 3 is 2.67 bits per heavy atom. The van der Waals surface area contributed by atoms with E-state index in [1.165, 1.54) is 0 Å². The molecule has 0 bridgehead atoms. The third kappa shape index (κ3) is 1.76. The number of rotatable bonds is 1. The summed E-state index contributed by atoms with van der Waals surface area (Å²) in [5.74, 6) is -4.91. The van der Waals surface area contributed by atoms with E-state index in [-0.39, 0.29) is 0 Å². The number of carbonyl (C=O) groups excluding carboxylic acids is 1.